The van der Waals surface area contributed by atoms with Crippen LogP contribution >= 0.6 is 0 Å². The summed E-state index contributed by atoms with van der Waals surface area (Å²) in [6.45, 7) is 0. The van der Waals surface area contributed by atoms with Crippen LogP contribution in [0.25, 0.3) is 22.6 Å². The molecule has 0 aromatic carbocycles. The zero-order chi connectivity index (χ0) is 12.2. The average Bonchev–Trinajstić information content (AvgIpc) is 2.49. The number of hydrogen-bond acceptors (Lipinski definition) is 3. The van der Waals surface area contributed by atoms with Gasteiger partial charge in [-0.1, -0.05) is 12.1 Å². The van der Waals surface area contributed by atoms with Crippen LogP contribution in [0.4, 0.5) is 0 Å². The first-order valence-corrected chi connectivity index (χ1v) is 5.73. The molecular formula is C15H11MnN3. The molecule has 0 aliphatic heterocycles. The molecule has 0 fully saturated rings. The first-order valence-electron chi connectivity index (χ1n) is 5.73. The Balaban J connectivity index is 0.00000133. The minimum Gasteiger partial charge on any atom is -0.256 e. The maximum absolute atomic E-state index is 4.42. The van der Waals surface area contributed by atoms with Gasteiger partial charge in [-0.2, -0.15) is 0 Å². The van der Waals surface area contributed by atoms with Crippen molar-refractivity contribution < 1.29 is 17.1 Å². The molecule has 1 radical (unpaired) electrons. The van der Waals surface area contributed by atoms with Crippen molar-refractivity contribution in [3.05, 3.63) is 67.1 Å². The molecule has 0 aliphatic carbocycles. The second-order valence-corrected chi connectivity index (χ2v) is 3.83. The van der Waals surface area contributed by atoms with Gasteiger partial charge in [0.25, 0.3) is 0 Å². The molecule has 0 atom stereocenters. The molecule has 3 aromatic heterocycles. The zero-order valence-corrected chi connectivity index (χ0v) is 11.3. The Morgan fingerprint density at radius 3 is 1.84 bits per heavy atom. The minimum atomic E-state index is 0. The molecule has 19 heavy (non-hydrogen) atoms. The maximum Gasteiger partial charge on any atom is 0.0980 e. The Morgan fingerprint density at radius 1 is 0.579 bits per heavy atom. The predicted molar refractivity (Wildman–Crippen MR) is 70.7 cm³/mol. The number of rotatable bonds is 2. The summed E-state index contributed by atoms with van der Waals surface area (Å²) in [4.78, 5) is 13.1. The Morgan fingerprint density at radius 2 is 1.21 bits per heavy atom. The van der Waals surface area contributed by atoms with Crippen molar-refractivity contribution in [3.63, 3.8) is 0 Å². The third kappa shape index (κ3) is 2.87. The number of nitrogens with zero attached hydrogens (tertiary/aromatic N) is 3. The molecule has 3 nitrogen and oxygen atoms in total. The molecule has 0 unspecified atom stereocenters. The van der Waals surface area contributed by atoms with E-state index in [9.17, 15) is 0 Å². The molecule has 3 aromatic rings. The number of pyridine rings is 3. The van der Waals surface area contributed by atoms with Crippen LogP contribution in [0, 0.1) is 0 Å². The molecule has 0 amide bonds. The summed E-state index contributed by atoms with van der Waals surface area (Å²) in [5, 5.41) is 0. The molecule has 0 N–H and O–H groups in total. The van der Waals surface area contributed by atoms with Crippen LogP contribution in [-0.4, -0.2) is 15.0 Å². The molecule has 0 spiro atoms. The zero-order valence-electron chi connectivity index (χ0n) is 10.1. The smallest absolute Gasteiger partial charge is 0.0980 e. The monoisotopic (exact) mass is 288 g/mol. The summed E-state index contributed by atoms with van der Waals surface area (Å²) in [5.74, 6) is 0. The van der Waals surface area contributed by atoms with Gasteiger partial charge in [-0.05, 0) is 36.4 Å². The number of hydrogen-bond donors (Lipinski definition) is 0. The van der Waals surface area contributed by atoms with Crippen molar-refractivity contribution in [2.75, 3.05) is 0 Å². The fourth-order valence-corrected chi connectivity index (χ4v) is 1.84. The van der Waals surface area contributed by atoms with Crippen LogP contribution < -0.4 is 0 Å². The van der Waals surface area contributed by atoms with E-state index >= 15 is 0 Å². The van der Waals surface area contributed by atoms with Gasteiger partial charge in [0.05, 0.1) is 17.1 Å². The third-order valence-corrected chi connectivity index (χ3v) is 2.66. The van der Waals surface area contributed by atoms with E-state index < -0.39 is 0 Å². The quantitative estimate of drug-likeness (QED) is 0.680. The van der Waals surface area contributed by atoms with Gasteiger partial charge < -0.3 is 0 Å². The standard InChI is InChI=1S/C15H11N3.Mn/c1-3-9-16-13(7-1)12-6-5-11-18-15(12)14-8-2-4-10-17-14;/h1-11H;. The van der Waals surface area contributed by atoms with E-state index in [0.717, 1.165) is 22.6 Å². The van der Waals surface area contributed by atoms with Crippen molar-refractivity contribution in [1.82, 2.24) is 15.0 Å². The van der Waals surface area contributed by atoms with E-state index in [-0.39, 0.29) is 17.1 Å². The van der Waals surface area contributed by atoms with E-state index in [2.05, 4.69) is 15.0 Å². The first kappa shape index (κ1) is 13.4. The van der Waals surface area contributed by atoms with Crippen LogP contribution in [0.15, 0.2) is 67.1 Å². The van der Waals surface area contributed by atoms with Crippen molar-refractivity contribution in [3.8, 4) is 22.6 Å². The van der Waals surface area contributed by atoms with Crippen LogP contribution in [0.1, 0.15) is 0 Å². The van der Waals surface area contributed by atoms with Gasteiger partial charge in [-0.3, -0.25) is 15.0 Å². The fourth-order valence-electron chi connectivity index (χ4n) is 1.84. The molecule has 0 saturated heterocycles. The Hall–Kier alpha value is -2.03. The van der Waals surface area contributed by atoms with Gasteiger partial charge in [-0.25, -0.2) is 0 Å². The van der Waals surface area contributed by atoms with Crippen LogP contribution in [0.3, 0.4) is 0 Å². The molecule has 3 heterocycles. The third-order valence-electron chi connectivity index (χ3n) is 2.66. The van der Waals surface area contributed by atoms with E-state index in [4.69, 9.17) is 0 Å². The Kier molecular flexibility index (Phi) is 4.39. The van der Waals surface area contributed by atoms with Crippen LogP contribution in [0.5, 0.6) is 0 Å². The van der Waals surface area contributed by atoms with Gasteiger partial charge in [-0.15, -0.1) is 0 Å². The topological polar surface area (TPSA) is 38.7 Å². The summed E-state index contributed by atoms with van der Waals surface area (Å²) in [5.41, 5.74) is 3.62. The Labute approximate surface area is 122 Å². The Bertz CT molecular complexity index is 583. The van der Waals surface area contributed by atoms with Gasteiger partial charge in [0.2, 0.25) is 0 Å². The van der Waals surface area contributed by atoms with Gasteiger partial charge >= 0.3 is 0 Å². The molecule has 93 valence electrons. The molecule has 0 bridgehead atoms. The summed E-state index contributed by atoms with van der Waals surface area (Å²) in [6, 6.07) is 15.6. The van der Waals surface area contributed by atoms with E-state index in [0.29, 0.717) is 0 Å². The first-order chi connectivity index (χ1) is 8.95. The van der Waals surface area contributed by atoms with E-state index in [1.807, 2.05) is 48.5 Å². The summed E-state index contributed by atoms with van der Waals surface area (Å²) >= 11 is 0. The number of aromatic nitrogens is 3. The predicted octanol–water partition coefficient (Wildman–Crippen LogP) is 3.20. The van der Waals surface area contributed by atoms with E-state index in [1.54, 1.807) is 18.6 Å². The van der Waals surface area contributed by atoms with Gasteiger partial charge in [0.1, 0.15) is 0 Å². The SMILES string of the molecule is [Mn].c1ccc(-c2cccnc2-c2ccccn2)nc1. The molecule has 4 heteroatoms. The van der Waals surface area contributed by atoms with Gasteiger partial charge in [0.15, 0.2) is 0 Å². The van der Waals surface area contributed by atoms with Gasteiger partial charge in [0, 0.05) is 41.2 Å². The molecular weight excluding hydrogens is 277 g/mol. The van der Waals surface area contributed by atoms with Crippen LogP contribution in [-0.2, 0) is 17.1 Å². The van der Waals surface area contributed by atoms with E-state index in [1.165, 1.54) is 0 Å². The molecule has 3 rings (SSSR count). The molecule has 0 aliphatic rings. The molecule has 0 saturated carbocycles. The summed E-state index contributed by atoms with van der Waals surface area (Å²) < 4.78 is 0. The van der Waals surface area contributed by atoms with Crippen molar-refractivity contribution in [2.24, 2.45) is 0 Å². The average molecular weight is 288 g/mol. The summed E-state index contributed by atoms with van der Waals surface area (Å²) in [6.07, 6.45) is 5.33. The van der Waals surface area contributed by atoms with Crippen molar-refractivity contribution >= 4 is 0 Å². The minimum absolute atomic E-state index is 0. The van der Waals surface area contributed by atoms with Crippen LogP contribution in [0.2, 0.25) is 0 Å². The second-order valence-electron chi connectivity index (χ2n) is 3.83. The second kappa shape index (κ2) is 6.23. The normalized spacial score (nSPS) is 9.68. The summed E-state index contributed by atoms with van der Waals surface area (Å²) in [7, 11) is 0. The maximum atomic E-state index is 4.42. The fraction of sp³-hybridized carbons (Fsp3) is 0. The largest absolute Gasteiger partial charge is 0.256 e. The van der Waals surface area contributed by atoms with Crippen molar-refractivity contribution in [2.45, 2.75) is 0 Å². The van der Waals surface area contributed by atoms with Crippen molar-refractivity contribution in [1.29, 1.82) is 0 Å².